The number of anilines is 1. The number of fused-ring (bicyclic) bond motifs is 1. The first-order valence-corrected chi connectivity index (χ1v) is 8.90. The maximum Gasteiger partial charge on any atom is 0.298 e. The normalized spacial score (nSPS) is 14.0. The van der Waals surface area contributed by atoms with Crippen LogP contribution in [0.15, 0.2) is 30.2 Å². The molecule has 1 aromatic carbocycles. The fourth-order valence-corrected chi connectivity index (χ4v) is 3.34. The van der Waals surface area contributed by atoms with Gasteiger partial charge in [0, 0.05) is 6.07 Å². The van der Waals surface area contributed by atoms with Crippen LogP contribution in [0.25, 0.3) is 10.2 Å². The van der Waals surface area contributed by atoms with Crippen LogP contribution in [0.3, 0.4) is 0 Å². The molecule has 2 aromatic rings. The van der Waals surface area contributed by atoms with Crippen molar-refractivity contribution >= 4 is 32.6 Å². The van der Waals surface area contributed by atoms with E-state index in [1.54, 1.807) is 12.0 Å². The van der Waals surface area contributed by atoms with Crippen LogP contribution in [0.4, 0.5) is 5.13 Å². The van der Waals surface area contributed by atoms with E-state index in [1.807, 2.05) is 32.3 Å². The number of nitrogens with zero attached hydrogens (tertiary/aromatic N) is 2. The second kappa shape index (κ2) is 7.71. The Bertz CT molecular complexity index is 787. The summed E-state index contributed by atoms with van der Waals surface area (Å²) in [5, 5.41) is 0.643. The Hall–Kier alpha value is -2.32. The summed E-state index contributed by atoms with van der Waals surface area (Å²) in [5.74, 6) is 0.732. The van der Waals surface area contributed by atoms with E-state index in [2.05, 4.69) is 4.98 Å². The quantitative estimate of drug-likeness (QED) is 0.816. The number of carbonyl (C=O) groups is 1. The molecule has 0 saturated carbocycles. The highest BCUT2D eigenvalue weighted by atomic mass is 32.1. The van der Waals surface area contributed by atoms with E-state index in [0.29, 0.717) is 24.9 Å². The number of amides is 1. The average molecular weight is 364 g/mol. The van der Waals surface area contributed by atoms with Crippen LogP contribution < -0.4 is 14.5 Å². The third kappa shape index (κ3) is 4.02. The lowest BCUT2D eigenvalue weighted by Crippen LogP contribution is -3.06. The number of ether oxygens (including phenoxy) is 3. The summed E-state index contributed by atoms with van der Waals surface area (Å²) < 4.78 is 16.9. The molecule has 0 radical (unpaired) electrons. The minimum Gasteiger partial charge on any atom is -0.497 e. The van der Waals surface area contributed by atoms with E-state index in [0.717, 1.165) is 22.5 Å². The van der Waals surface area contributed by atoms with Crippen LogP contribution in [0.1, 0.15) is 0 Å². The zero-order valence-electron chi connectivity index (χ0n) is 14.6. The van der Waals surface area contributed by atoms with Crippen molar-refractivity contribution in [1.29, 1.82) is 0 Å². The van der Waals surface area contributed by atoms with Gasteiger partial charge in [0.2, 0.25) is 5.76 Å². The summed E-state index contributed by atoms with van der Waals surface area (Å²) in [6.45, 7) is 2.17. The van der Waals surface area contributed by atoms with Crippen molar-refractivity contribution in [2.24, 2.45) is 0 Å². The monoisotopic (exact) mass is 364 g/mol. The summed E-state index contributed by atoms with van der Waals surface area (Å²) >= 11 is 1.47. The summed E-state index contributed by atoms with van der Waals surface area (Å²) in [5.41, 5.74) is 0.809. The number of methoxy groups -OCH3 is 1. The molecule has 7 nitrogen and oxygen atoms in total. The van der Waals surface area contributed by atoms with Gasteiger partial charge in [-0.2, -0.15) is 0 Å². The zero-order valence-corrected chi connectivity index (χ0v) is 15.4. The number of carbonyl (C=O) groups excluding carboxylic acids is 1. The van der Waals surface area contributed by atoms with Crippen LogP contribution in [-0.2, 0) is 14.3 Å². The van der Waals surface area contributed by atoms with Crippen molar-refractivity contribution < 1.29 is 23.9 Å². The lowest BCUT2D eigenvalue weighted by atomic mass is 10.3. The van der Waals surface area contributed by atoms with E-state index in [1.165, 1.54) is 22.5 Å². The van der Waals surface area contributed by atoms with Crippen molar-refractivity contribution in [2.45, 2.75) is 0 Å². The van der Waals surface area contributed by atoms with Crippen LogP contribution in [-0.4, -0.2) is 58.4 Å². The van der Waals surface area contributed by atoms with Gasteiger partial charge in [-0.3, -0.25) is 9.69 Å². The topological polar surface area (TPSA) is 65.3 Å². The number of benzene rings is 1. The first kappa shape index (κ1) is 17.5. The molecule has 8 heteroatoms. The highest BCUT2D eigenvalue weighted by molar-refractivity contribution is 7.22. The third-order valence-corrected chi connectivity index (χ3v) is 4.81. The Morgan fingerprint density at radius 1 is 1.40 bits per heavy atom. The summed E-state index contributed by atoms with van der Waals surface area (Å²) in [6, 6.07) is 5.71. The van der Waals surface area contributed by atoms with Crippen molar-refractivity contribution in [3.05, 3.63) is 30.2 Å². The molecule has 1 aromatic heterocycles. The van der Waals surface area contributed by atoms with Crippen molar-refractivity contribution in [1.82, 2.24) is 4.98 Å². The highest BCUT2D eigenvalue weighted by Gasteiger charge is 2.26. The number of rotatable bonds is 6. The van der Waals surface area contributed by atoms with Gasteiger partial charge in [0.05, 0.1) is 44.5 Å². The number of hydrogen-bond donors (Lipinski definition) is 1. The molecule has 1 aliphatic heterocycles. The zero-order chi connectivity index (χ0) is 17.8. The first-order chi connectivity index (χ1) is 12.1. The fraction of sp³-hybridized carbons (Fsp3) is 0.412. The van der Waals surface area contributed by atoms with Gasteiger partial charge in [-0.15, -0.1) is 0 Å². The molecular weight excluding hydrogens is 342 g/mol. The molecule has 3 rings (SSSR count). The molecule has 25 heavy (non-hydrogen) atoms. The Balaban J connectivity index is 1.92. The molecule has 1 N–H and O–H groups in total. The molecule has 2 heterocycles. The van der Waals surface area contributed by atoms with Gasteiger partial charge in [-0.25, -0.2) is 4.98 Å². The van der Waals surface area contributed by atoms with Crippen LogP contribution in [0, 0.1) is 0 Å². The SMILES string of the molecule is COc1ccc2sc(N(CC[NH+](C)C)C(=O)C3=COCCO3)nc2c1. The van der Waals surface area contributed by atoms with Crippen molar-refractivity contribution in [3.63, 3.8) is 0 Å². The number of aromatic nitrogens is 1. The van der Waals surface area contributed by atoms with Gasteiger partial charge < -0.3 is 19.1 Å². The van der Waals surface area contributed by atoms with E-state index in [9.17, 15) is 4.79 Å². The maximum absolute atomic E-state index is 12.9. The Morgan fingerprint density at radius 2 is 2.24 bits per heavy atom. The van der Waals surface area contributed by atoms with Gasteiger partial charge in [0.1, 0.15) is 25.2 Å². The second-order valence-corrected chi connectivity index (χ2v) is 6.95. The van der Waals surface area contributed by atoms with E-state index in [4.69, 9.17) is 14.2 Å². The molecule has 0 bridgehead atoms. The van der Waals surface area contributed by atoms with E-state index in [-0.39, 0.29) is 11.7 Å². The summed E-state index contributed by atoms with van der Waals surface area (Å²) in [6.07, 6.45) is 1.39. The first-order valence-electron chi connectivity index (χ1n) is 8.08. The fourth-order valence-electron chi connectivity index (χ4n) is 2.37. The average Bonchev–Trinajstić information content (AvgIpc) is 3.04. The summed E-state index contributed by atoms with van der Waals surface area (Å²) in [7, 11) is 5.72. The predicted octanol–water partition coefficient (Wildman–Crippen LogP) is 0.671. The van der Waals surface area contributed by atoms with Crippen LogP contribution in [0.5, 0.6) is 5.75 Å². The highest BCUT2D eigenvalue weighted by Crippen LogP contribution is 2.31. The third-order valence-electron chi connectivity index (χ3n) is 3.75. The standard InChI is InChI=1S/C17H21N3O4S/c1-19(2)6-7-20(16(21)14-11-23-8-9-24-14)17-18-13-10-12(22-3)4-5-15(13)25-17/h4-5,10-11H,6-9H2,1-3H3/p+1. The van der Waals surface area contributed by atoms with Gasteiger partial charge >= 0.3 is 0 Å². The van der Waals surface area contributed by atoms with Crippen LogP contribution in [0.2, 0.25) is 0 Å². The van der Waals surface area contributed by atoms with Gasteiger partial charge in [0.25, 0.3) is 5.91 Å². The number of likely N-dealkylation sites (N-methyl/N-ethyl adjacent to an activating group) is 1. The van der Waals surface area contributed by atoms with E-state index >= 15 is 0 Å². The molecular formula is C17H22N3O4S+. The summed E-state index contributed by atoms with van der Waals surface area (Å²) in [4.78, 5) is 20.4. The van der Waals surface area contributed by atoms with E-state index < -0.39 is 0 Å². The molecule has 1 amide bonds. The molecule has 0 spiro atoms. The molecule has 0 saturated heterocycles. The number of quaternary nitrogens is 1. The predicted molar refractivity (Wildman–Crippen MR) is 96.2 cm³/mol. The minimum absolute atomic E-state index is 0.219. The Morgan fingerprint density at radius 3 is 2.92 bits per heavy atom. The van der Waals surface area contributed by atoms with Crippen molar-refractivity contribution in [3.8, 4) is 5.75 Å². The molecule has 0 fully saturated rings. The maximum atomic E-state index is 12.9. The van der Waals surface area contributed by atoms with Gasteiger partial charge in [0.15, 0.2) is 5.13 Å². The smallest absolute Gasteiger partial charge is 0.298 e. The van der Waals surface area contributed by atoms with Crippen molar-refractivity contribution in [2.75, 3.05) is 52.4 Å². The lowest BCUT2D eigenvalue weighted by molar-refractivity contribution is -0.856. The van der Waals surface area contributed by atoms with Gasteiger partial charge in [-0.05, 0) is 12.1 Å². The van der Waals surface area contributed by atoms with Gasteiger partial charge in [-0.1, -0.05) is 11.3 Å². The Kier molecular flexibility index (Phi) is 5.40. The second-order valence-electron chi connectivity index (χ2n) is 5.95. The number of nitrogens with one attached hydrogen (secondary N) is 1. The molecule has 134 valence electrons. The number of thiazole rings is 1. The van der Waals surface area contributed by atoms with Crippen LogP contribution >= 0.6 is 11.3 Å². The molecule has 0 atom stereocenters. The lowest BCUT2D eigenvalue weighted by Gasteiger charge is -2.23. The largest absolute Gasteiger partial charge is 0.497 e. The Labute approximate surface area is 150 Å². The molecule has 0 aliphatic carbocycles. The molecule has 0 unspecified atom stereocenters. The minimum atomic E-state index is -0.230. The molecule has 1 aliphatic rings. The number of hydrogen-bond acceptors (Lipinski definition) is 6.